The van der Waals surface area contributed by atoms with Crippen LogP contribution in [0.3, 0.4) is 0 Å². The van der Waals surface area contributed by atoms with Gasteiger partial charge in [-0.25, -0.2) is 0 Å². The van der Waals surface area contributed by atoms with Crippen LogP contribution in [0.2, 0.25) is 0 Å². The molecule has 142 valence electrons. The van der Waals surface area contributed by atoms with Crippen molar-refractivity contribution in [3.8, 4) is 5.75 Å². The van der Waals surface area contributed by atoms with E-state index in [1.54, 1.807) is 19.2 Å². The zero-order valence-corrected chi connectivity index (χ0v) is 16.1. The Morgan fingerprint density at radius 1 is 1.22 bits per heavy atom. The minimum absolute atomic E-state index is 0.0532. The molecule has 3 rings (SSSR count). The molecular formula is C20H22N2O4S. The maximum atomic E-state index is 13.0. The van der Waals surface area contributed by atoms with Gasteiger partial charge in [0.25, 0.3) is 5.69 Å². The molecule has 1 fully saturated rings. The van der Waals surface area contributed by atoms with Crippen molar-refractivity contribution in [1.82, 2.24) is 4.90 Å². The Bertz CT molecular complexity index is 808. The molecule has 1 aliphatic rings. The fourth-order valence-corrected chi connectivity index (χ4v) is 4.28. The third-order valence-corrected chi connectivity index (χ3v) is 5.84. The zero-order valence-electron chi connectivity index (χ0n) is 15.3. The summed E-state index contributed by atoms with van der Waals surface area (Å²) in [5, 5.41) is 10.5. The highest BCUT2D eigenvalue weighted by molar-refractivity contribution is 8.00. The summed E-state index contributed by atoms with van der Waals surface area (Å²) in [6.45, 7) is 2.64. The van der Waals surface area contributed by atoms with Crippen molar-refractivity contribution in [2.75, 3.05) is 13.7 Å². The van der Waals surface area contributed by atoms with Crippen LogP contribution in [-0.2, 0) is 4.79 Å². The van der Waals surface area contributed by atoms with Gasteiger partial charge in [0.05, 0.1) is 23.3 Å². The van der Waals surface area contributed by atoms with Crippen molar-refractivity contribution in [1.29, 1.82) is 0 Å². The molecular weight excluding hydrogens is 364 g/mol. The van der Waals surface area contributed by atoms with Gasteiger partial charge in [-0.05, 0) is 49.6 Å². The third kappa shape index (κ3) is 4.42. The molecule has 1 amide bonds. The van der Waals surface area contributed by atoms with E-state index in [2.05, 4.69) is 0 Å². The number of nitrogens with zero attached hydrogens (tertiary/aromatic N) is 2. The summed E-state index contributed by atoms with van der Waals surface area (Å²) in [4.78, 5) is 26.1. The van der Waals surface area contributed by atoms with Gasteiger partial charge in [0.15, 0.2) is 0 Å². The van der Waals surface area contributed by atoms with Gasteiger partial charge in [-0.2, -0.15) is 0 Å². The molecule has 2 aromatic carbocycles. The number of rotatable bonds is 6. The monoisotopic (exact) mass is 386 g/mol. The average Bonchev–Trinajstić information content (AvgIpc) is 3.17. The lowest BCUT2D eigenvalue weighted by atomic mass is 10.0. The Kier molecular flexibility index (Phi) is 6.01. The van der Waals surface area contributed by atoms with Gasteiger partial charge in [-0.1, -0.05) is 12.1 Å². The first-order valence-corrected chi connectivity index (χ1v) is 9.73. The number of thioether (sulfide) groups is 1. The number of ether oxygens (including phenoxy) is 1. The Morgan fingerprint density at radius 3 is 2.48 bits per heavy atom. The molecule has 6 nitrogen and oxygen atoms in total. The fourth-order valence-electron chi connectivity index (χ4n) is 3.34. The predicted octanol–water partition coefficient (Wildman–Crippen LogP) is 4.45. The van der Waals surface area contributed by atoms with Crippen molar-refractivity contribution >= 4 is 23.4 Å². The number of nitro groups is 1. The van der Waals surface area contributed by atoms with E-state index in [9.17, 15) is 14.9 Å². The van der Waals surface area contributed by atoms with Crippen LogP contribution in [0.15, 0.2) is 53.4 Å². The van der Waals surface area contributed by atoms with Crippen LogP contribution < -0.4 is 4.74 Å². The zero-order chi connectivity index (χ0) is 19.4. The lowest BCUT2D eigenvalue weighted by molar-refractivity contribution is -0.384. The lowest BCUT2D eigenvalue weighted by Gasteiger charge is -2.27. The fraction of sp³-hybridized carbons (Fsp3) is 0.350. The molecule has 2 aromatic rings. The number of benzene rings is 2. The van der Waals surface area contributed by atoms with E-state index in [-0.39, 0.29) is 22.9 Å². The Labute approximate surface area is 162 Å². The highest BCUT2D eigenvalue weighted by Crippen LogP contribution is 2.35. The number of non-ortho nitro benzene ring substituents is 1. The number of carbonyl (C=O) groups excluding carboxylic acids is 1. The van der Waals surface area contributed by atoms with E-state index in [4.69, 9.17) is 4.74 Å². The second-order valence-electron chi connectivity index (χ2n) is 6.47. The molecule has 2 atom stereocenters. The van der Waals surface area contributed by atoms with Crippen molar-refractivity contribution < 1.29 is 14.5 Å². The summed E-state index contributed by atoms with van der Waals surface area (Å²) < 4.78 is 5.21. The molecule has 27 heavy (non-hydrogen) atoms. The van der Waals surface area contributed by atoms with Gasteiger partial charge in [0.1, 0.15) is 5.75 Å². The van der Waals surface area contributed by atoms with Crippen LogP contribution in [0.1, 0.15) is 31.4 Å². The number of amides is 1. The highest BCUT2D eigenvalue weighted by atomic mass is 32.2. The summed E-state index contributed by atoms with van der Waals surface area (Å²) in [5.74, 6) is 0.897. The van der Waals surface area contributed by atoms with Gasteiger partial charge >= 0.3 is 0 Å². The lowest BCUT2D eigenvalue weighted by Crippen LogP contribution is -2.36. The van der Waals surface area contributed by atoms with Crippen LogP contribution in [0.4, 0.5) is 5.69 Å². The van der Waals surface area contributed by atoms with E-state index in [1.807, 2.05) is 36.1 Å². The highest BCUT2D eigenvalue weighted by Gasteiger charge is 2.32. The second-order valence-corrected chi connectivity index (χ2v) is 7.89. The smallest absolute Gasteiger partial charge is 0.269 e. The maximum Gasteiger partial charge on any atom is 0.269 e. The topological polar surface area (TPSA) is 72.7 Å². The summed E-state index contributed by atoms with van der Waals surface area (Å²) in [6, 6.07) is 14.3. The number of carbonyl (C=O) groups is 1. The molecule has 0 radical (unpaired) electrons. The number of nitro benzene ring substituents is 1. The van der Waals surface area contributed by atoms with Crippen LogP contribution >= 0.6 is 11.8 Å². The number of hydrogen-bond acceptors (Lipinski definition) is 5. The Hall–Kier alpha value is -2.54. The first kappa shape index (κ1) is 19.2. The predicted molar refractivity (Wildman–Crippen MR) is 105 cm³/mol. The number of hydrogen-bond donors (Lipinski definition) is 0. The van der Waals surface area contributed by atoms with E-state index in [0.717, 1.165) is 35.6 Å². The van der Waals surface area contributed by atoms with E-state index in [1.165, 1.54) is 23.9 Å². The van der Waals surface area contributed by atoms with Crippen molar-refractivity contribution in [3.05, 3.63) is 64.2 Å². The minimum Gasteiger partial charge on any atom is -0.497 e. The van der Waals surface area contributed by atoms with Crippen LogP contribution in [0.25, 0.3) is 0 Å². The van der Waals surface area contributed by atoms with Gasteiger partial charge < -0.3 is 9.64 Å². The normalized spacial score (nSPS) is 17.6. The van der Waals surface area contributed by atoms with Crippen molar-refractivity contribution in [3.63, 3.8) is 0 Å². The molecule has 0 aliphatic carbocycles. The molecule has 0 spiro atoms. The van der Waals surface area contributed by atoms with E-state index < -0.39 is 4.92 Å². The molecule has 0 aromatic heterocycles. The Morgan fingerprint density at radius 2 is 1.89 bits per heavy atom. The number of methoxy groups -OCH3 is 1. The molecule has 2 unspecified atom stereocenters. The molecule has 0 saturated carbocycles. The second kappa shape index (κ2) is 8.43. The average molecular weight is 386 g/mol. The van der Waals surface area contributed by atoms with Crippen LogP contribution in [0, 0.1) is 10.1 Å². The minimum atomic E-state index is -0.424. The van der Waals surface area contributed by atoms with Gasteiger partial charge in [0, 0.05) is 23.6 Å². The van der Waals surface area contributed by atoms with Crippen LogP contribution in [0.5, 0.6) is 5.75 Å². The quantitative estimate of drug-likeness (QED) is 0.417. The summed E-state index contributed by atoms with van der Waals surface area (Å²) in [6.07, 6.45) is 1.93. The number of likely N-dealkylation sites (tertiary alicyclic amines) is 1. The SMILES string of the molecule is COc1ccc(C2CCCN2C(=O)C(C)Sc2ccc([N+](=O)[O-])cc2)cc1. The summed E-state index contributed by atoms with van der Waals surface area (Å²) >= 11 is 1.43. The molecule has 1 heterocycles. The van der Waals surface area contributed by atoms with Gasteiger partial charge in [-0.3, -0.25) is 14.9 Å². The maximum absolute atomic E-state index is 13.0. The third-order valence-electron chi connectivity index (χ3n) is 4.74. The Balaban J connectivity index is 1.68. The van der Waals surface area contributed by atoms with Crippen molar-refractivity contribution in [2.45, 2.75) is 36.0 Å². The molecule has 7 heteroatoms. The van der Waals surface area contributed by atoms with Gasteiger partial charge in [-0.15, -0.1) is 11.8 Å². The molecule has 0 bridgehead atoms. The van der Waals surface area contributed by atoms with E-state index >= 15 is 0 Å². The summed E-state index contributed by atoms with van der Waals surface area (Å²) in [7, 11) is 1.64. The van der Waals surface area contributed by atoms with Crippen molar-refractivity contribution in [2.24, 2.45) is 0 Å². The molecule has 1 saturated heterocycles. The standard InChI is InChI=1S/C20H22N2O4S/c1-14(27-18-11-7-16(8-12-18)22(24)25)20(23)21-13-3-4-19(21)15-5-9-17(26-2)10-6-15/h5-12,14,19H,3-4,13H2,1-2H3. The van der Waals surface area contributed by atoms with Gasteiger partial charge in [0.2, 0.25) is 5.91 Å². The molecule has 0 N–H and O–H groups in total. The van der Waals surface area contributed by atoms with E-state index in [0.29, 0.717) is 0 Å². The largest absolute Gasteiger partial charge is 0.497 e. The first-order valence-electron chi connectivity index (χ1n) is 8.85. The summed E-state index contributed by atoms with van der Waals surface area (Å²) in [5.41, 5.74) is 1.17. The first-order chi connectivity index (χ1) is 13.0. The van der Waals surface area contributed by atoms with Crippen LogP contribution in [-0.4, -0.2) is 34.6 Å². The molecule has 1 aliphatic heterocycles.